The van der Waals surface area contributed by atoms with E-state index in [1.54, 1.807) is 12.0 Å². The van der Waals surface area contributed by atoms with Gasteiger partial charge in [0.05, 0.1) is 30.7 Å². The minimum absolute atomic E-state index is 0.0131. The van der Waals surface area contributed by atoms with Gasteiger partial charge in [-0.2, -0.15) is 0 Å². The SMILES string of the molecule is COc1ccc(CN(C(=O)Cc2cn3cccc(C)c3n2)C2CCS(=O)(=O)C2)cc1. The Balaban J connectivity index is 1.58. The summed E-state index contributed by atoms with van der Waals surface area (Å²) in [5.41, 5.74) is 3.47. The van der Waals surface area contributed by atoms with Crippen LogP contribution in [0.2, 0.25) is 0 Å². The van der Waals surface area contributed by atoms with Crippen LogP contribution in [-0.4, -0.2) is 53.3 Å². The number of aromatic nitrogens is 2. The molecule has 1 atom stereocenters. The van der Waals surface area contributed by atoms with Crippen molar-refractivity contribution in [2.24, 2.45) is 0 Å². The fraction of sp³-hybridized carbons (Fsp3) is 0.364. The van der Waals surface area contributed by atoms with Gasteiger partial charge in [0.15, 0.2) is 9.84 Å². The van der Waals surface area contributed by atoms with Crippen molar-refractivity contribution in [3.05, 3.63) is 65.6 Å². The molecule has 1 aliphatic heterocycles. The van der Waals surface area contributed by atoms with Crippen LogP contribution >= 0.6 is 0 Å². The van der Waals surface area contributed by atoms with Gasteiger partial charge in [-0.05, 0) is 42.7 Å². The lowest BCUT2D eigenvalue weighted by Crippen LogP contribution is -2.41. The van der Waals surface area contributed by atoms with Crippen molar-refractivity contribution in [1.29, 1.82) is 0 Å². The molecule has 4 rings (SSSR count). The molecule has 0 N–H and O–H groups in total. The molecule has 3 aromatic rings. The zero-order valence-electron chi connectivity index (χ0n) is 17.1. The molecule has 0 spiro atoms. The lowest BCUT2D eigenvalue weighted by atomic mass is 10.1. The number of aryl methyl sites for hydroxylation is 1. The van der Waals surface area contributed by atoms with Crippen LogP contribution in [0.15, 0.2) is 48.8 Å². The van der Waals surface area contributed by atoms with Crippen LogP contribution < -0.4 is 4.74 Å². The van der Waals surface area contributed by atoms with E-state index in [2.05, 4.69) is 4.98 Å². The van der Waals surface area contributed by atoms with Crippen molar-refractivity contribution in [3.8, 4) is 5.75 Å². The van der Waals surface area contributed by atoms with Crippen LogP contribution in [0.25, 0.3) is 5.65 Å². The summed E-state index contributed by atoms with van der Waals surface area (Å²) in [5.74, 6) is 0.755. The highest BCUT2D eigenvalue weighted by molar-refractivity contribution is 7.91. The molecule has 1 fully saturated rings. The van der Waals surface area contributed by atoms with E-state index in [4.69, 9.17) is 4.74 Å². The molecule has 0 bridgehead atoms. The van der Waals surface area contributed by atoms with E-state index in [9.17, 15) is 13.2 Å². The van der Waals surface area contributed by atoms with Crippen molar-refractivity contribution < 1.29 is 17.9 Å². The third-order valence-electron chi connectivity index (χ3n) is 5.54. The molecule has 2 aromatic heterocycles. The predicted molar refractivity (Wildman–Crippen MR) is 114 cm³/mol. The fourth-order valence-corrected chi connectivity index (χ4v) is 5.65. The van der Waals surface area contributed by atoms with E-state index in [-0.39, 0.29) is 29.9 Å². The first kappa shape index (κ1) is 20.4. The molecule has 1 amide bonds. The quantitative estimate of drug-likeness (QED) is 0.604. The maximum Gasteiger partial charge on any atom is 0.229 e. The molecule has 1 aliphatic rings. The summed E-state index contributed by atoms with van der Waals surface area (Å²) in [6.45, 7) is 2.34. The molecule has 30 heavy (non-hydrogen) atoms. The molecule has 0 radical (unpaired) electrons. The Morgan fingerprint density at radius 2 is 2.03 bits per heavy atom. The monoisotopic (exact) mass is 427 g/mol. The van der Waals surface area contributed by atoms with E-state index in [0.717, 1.165) is 22.5 Å². The van der Waals surface area contributed by atoms with Crippen molar-refractivity contribution >= 4 is 21.4 Å². The highest BCUT2D eigenvalue weighted by Crippen LogP contribution is 2.22. The number of hydrogen-bond donors (Lipinski definition) is 0. The number of carbonyl (C=O) groups excluding carboxylic acids is 1. The average Bonchev–Trinajstić information content (AvgIpc) is 3.29. The van der Waals surface area contributed by atoms with Crippen molar-refractivity contribution in [2.75, 3.05) is 18.6 Å². The van der Waals surface area contributed by atoms with Gasteiger partial charge >= 0.3 is 0 Å². The number of imidazole rings is 1. The molecular formula is C22H25N3O4S. The second kappa shape index (κ2) is 8.10. The molecule has 1 aromatic carbocycles. The van der Waals surface area contributed by atoms with Gasteiger partial charge < -0.3 is 14.0 Å². The second-order valence-corrected chi connectivity index (χ2v) is 9.99. The van der Waals surface area contributed by atoms with Crippen molar-refractivity contribution in [3.63, 3.8) is 0 Å². The lowest BCUT2D eigenvalue weighted by Gasteiger charge is -2.28. The summed E-state index contributed by atoms with van der Waals surface area (Å²) < 4.78 is 31.2. The lowest BCUT2D eigenvalue weighted by molar-refractivity contribution is -0.133. The van der Waals surface area contributed by atoms with Gasteiger partial charge in [0.2, 0.25) is 5.91 Å². The molecular weight excluding hydrogens is 402 g/mol. The largest absolute Gasteiger partial charge is 0.497 e. The number of ether oxygens (including phenoxy) is 1. The Hall–Kier alpha value is -2.87. The van der Waals surface area contributed by atoms with E-state index < -0.39 is 9.84 Å². The number of pyridine rings is 1. The molecule has 158 valence electrons. The number of carbonyl (C=O) groups is 1. The number of fused-ring (bicyclic) bond motifs is 1. The Morgan fingerprint density at radius 1 is 1.27 bits per heavy atom. The van der Waals surface area contributed by atoms with Gasteiger partial charge in [0.1, 0.15) is 11.4 Å². The first-order valence-electron chi connectivity index (χ1n) is 9.90. The number of nitrogens with zero attached hydrogens (tertiary/aromatic N) is 3. The van der Waals surface area contributed by atoms with Gasteiger partial charge in [0, 0.05) is 25.0 Å². The second-order valence-electron chi connectivity index (χ2n) is 7.76. The molecule has 7 nitrogen and oxygen atoms in total. The van der Waals surface area contributed by atoms with E-state index in [0.29, 0.717) is 18.7 Å². The van der Waals surface area contributed by atoms with Crippen LogP contribution in [-0.2, 0) is 27.6 Å². The van der Waals surface area contributed by atoms with Crippen LogP contribution in [0.4, 0.5) is 0 Å². The van der Waals surface area contributed by atoms with Crippen LogP contribution in [0.5, 0.6) is 5.75 Å². The highest BCUT2D eigenvalue weighted by Gasteiger charge is 2.34. The first-order valence-corrected chi connectivity index (χ1v) is 11.7. The zero-order chi connectivity index (χ0) is 21.3. The topological polar surface area (TPSA) is 81.0 Å². The Kier molecular flexibility index (Phi) is 5.51. The number of hydrogen-bond acceptors (Lipinski definition) is 5. The molecule has 3 heterocycles. The Labute approximate surface area is 176 Å². The van der Waals surface area contributed by atoms with E-state index >= 15 is 0 Å². The smallest absolute Gasteiger partial charge is 0.229 e. The minimum Gasteiger partial charge on any atom is -0.497 e. The summed E-state index contributed by atoms with van der Waals surface area (Å²) in [6, 6.07) is 11.1. The van der Waals surface area contributed by atoms with Crippen molar-refractivity contribution in [2.45, 2.75) is 32.4 Å². The van der Waals surface area contributed by atoms with Gasteiger partial charge in [0.25, 0.3) is 0 Å². The number of amides is 1. The number of rotatable bonds is 6. The Bertz CT molecular complexity index is 1170. The minimum atomic E-state index is -3.11. The maximum absolute atomic E-state index is 13.3. The molecule has 1 unspecified atom stereocenters. The normalized spacial score (nSPS) is 17.9. The van der Waals surface area contributed by atoms with Gasteiger partial charge in [-0.3, -0.25) is 4.79 Å². The first-order chi connectivity index (χ1) is 14.3. The van der Waals surface area contributed by atoms with Crippen LogP contribution in [0, 0.1) is 6.92 Å². The van der Waals surface area contributed by atoms with E-state index in [1.165, 1.54) is 0 Å². The number of sulfone groups is 1. The standard InChI is InChI=1S/C22H25N3O4S/c1-16-4-3-10-24-14-18(23-22(16)24)12-21(26)25(19-9-11-30(27,28)15-19)13-17-5-7-20(29-2)8-6-17/h3-8,10,14,19H,9,11-13,15H2,1-2H3. The van der Waals surface area contributed by atoms with E-state index in [1.807, 2.05) is 60.1 Å². The summed E-state index contributed by atoms with van der Waals surface area (Å²) >= 11 is 0. The summed E-state index contributed by atoms with van der Waals surface area (Å²) in [6.07, 6.45) is 4.36. The molecule has 0 aliphatic carbocycles. The van der Waals surface area contributed by atoms with Gasteiger partial charge in [-0.15, -0.1) is 0 Å². The maximum atomic E-state index is 13.3. The molecule has 1 saturated heterocycles. The molecule has 0 saturated carbocycles. The third kappa shape index (κ3) is 4.33. The number of methoxy groups -OCH3 is 1. The van der Waals surface area contributed by atoms with Gasteiger partial charge in [-0.25, -0.2) is 13.4 Å². The highest BCUT2D eigenvalue weighted by atomic mass is 32.2. The van der Waals surface area contributed by atoms with Gasteiger partial charge in [-0.1, -0.05) is 18.2 Å². The van der Waals surface area contributed by atoms with Crippen molar-refractivity contribution in [1.82, 2.24) is 14.3 Å². The van der Waals surface area contributed by atoms with Crippen LogP contribution in [0.1, 0.15) is 23.2 Å². The summed E-state index contributed by atoms with van der Waals surface area (Å²) in [4.78, 5) is 19.6. The zero-order valence-corrected chi connectivity index (χ0v) is 17.9. The number of benzene rings is 1. The van der Waals surface area contributed by atoms with Crippen LogP contribution in [0.3, 0.4) is 0 Å². The third-order valence-corrected chi connectivity index (χ3v) is 7.29. The fourth-order valence-electron chi connectivity index (χ4n) is 3.92. The molecule has 8 heteroatoms. The summed E-state index contributed by atoms with van der Waals surface area (Å²) in [7, 11) is -1.51. The Morgan fingerprint density at radius 3 is 2.67 bits per heavy atom. The predicted octanol–water partition coefficient (Wildman–Crippen LogP) is 2.41. The summed E-state index contributed by atoms with van der Waals surface area (Å²) in [5, 5.41) is 0. The average molecular weight is 428 g/mol.